The van der Waals surface area contributed by atoms with Crippen molar-refractivity contribution in [1.29, 1.82) is 0 Å². The van der Waals surface area contributed by atoms with E-state index in [2.05, 4.69) is 38.4 Å². The van der Waals surface area contributed by atoms with Crippen LogP contribution in [0.3, 0.4) is 0 Å². The fourth-order valence-corrected chi connectivity index (χ4v) is 4.62. The Morgan fingerprint density at radius 3 is 2.60 bits per heavy atom. The molecule has 2 aromatic carbocycles. The van der Waals surface area contributed by atoms with E-state index < -0.39 is 0 Å². The van der Waals surface area contributed by atoms with E-state index in [1.54, 1.807) is 18.2 Å². The van der Waals surface area contributed by atoms with Crippen molar-refractivity contribution in [2.24, 2.45) is 0 Å². The summed E-state index contributed by atoms with van der Waals surface area (Å²) in [6.45, 7) is 6.55. The summed E-state index contributed by atoms with van der Waals surface area (Å²) in [5.74, 6) is 0.796. The molecule has 0 saturated carbocycles. The SMILES string of the molecule is C=CCOc1c(Br)cc(/C=C2\SC(=O)N(Cc3ccccc3Br)C2=O)cc1OCC. The molecule has 0 atom stereocenters. The maximum absolute atomic E-state index is 12.9. The van der Waals surface area contributed by atoms with Crippen molar-refractivity contribution in [2.75, 3.05) is 13.2 Å². The van der Waals surface area contributed by atoms with E-state index in [1.807, 2.05) is 37.3 Å². The van der Waals surface area contributed by atoms with Gasteiger partial charge in [-0.1, -0.05) is 46.8 Å². The molecule has 2 aromatic rings. The van der Waals surface area contributed by atoms with E-state index in [9.17, 15) is 9.59 Å². The van der Waals surface area contributed by atoms with E-state index >= 15 is 0 Å². The van der Waals surface area contributed by atoms with E-state index in [1.165, 1.54) is 4.90 Å². The number of carbonyl (C=O) groups excluding carboxylic acids is 2. The third kappa shape index (κ3) is 5.17. The highest BCUT2D eigenvalue weighted by atomic mass is 79.9. The van der Waals surface area contributed by atoms with Crippen LogP contribution in [-0.2, 0) is 11.3 Å². The minimum atomic E-state index is -0.318. The maximum atomic E-state index is 12.9. The molecule has 5 nitrogen and oxygen atoms in total. The molecular weight excluding hydrogens is 534 g/mol. The smallest absolute Gasteiger partial charge is 0.293 e. The molecule has 1 saturated heterocycles. The monoisotopic (exact) mass is 551 g/mol. The topological polar surface area (TPSA) is 55.8 Å². The Morgan fingerprint density at radius 2 is 1.90 bits per heavy atom. The van der Waals surface area contributed by atoms with E-state index in [0.717, 1.165) is 27.4 Å². The number of carbonyl (C=O) groups is 2. The van der Waals surface area contributed by atoms with E-state index in [-0.39, 0.29) is 17.7 Å². The van der Waals surface area contributed by atoms with Crippen molar-refractivity contribution in [3.63, 3.8) is 0 Å². The Morgan fingerprint density at radius 1 is 1.13 bits per heavy atom. The second kappa shape index (κ2) is 10.3. The third-order valence-corrected chi connectivity index (χ3v) is 6.40. The van der Waals surface area contributed by atoms with Crippen molar-refractivity contribution in [2.45, 2.75) is 13.5 Å². The standard InChI is InChI=1S/C22H19Br2NO4S/c1-3-9-29-20-17(24)10-14(11-18(20)28-4-2)12-19-21(26)25(22(27)30-19)13-15-7-5-6-8-16(15)23/h3,5-8,10-12H,1,4,9,13H2,2H3/b19-12-. The second-order valence-corrected chi connectivity index (χ2v) is 8.92. The summed E-state index contributed by atoms with van der Waals surface area (Å²) >= 11 is 7.88. The Labute approximate surface area is 196 Å². The van der Waals surface area contributed by atoms with Gasteiger partial charge in [-0.3, -0.25) is 14.5 Å². The van der Waals surface area contributed by atoms with Gasteiger partial charge in [-0.25, -0.2) is 0 Å². The maximum Gasteiger partial charge on any atom is 0.293 e. The van der Waals surface area contributed by atoms with Crippen LogP contribution in [0.2, 0.25) is 0 Å². The number of halogens is 2. The first-order valence-electron chi connectivity index (χ1n) is 9.13. The number of nitrogens with zero attached hydrogens (tertiary/aromatic N) is 1. The van der Waals surface area contributed by atoms with Crippen LogP contribution in [0.5, 0.6) is 11.5 Å². The lowest BCUT2D eigenvalue weighted by Gasteiger charge is -2.14. The molecule has 156 valence electrons. The van der Waals surface area contributed by atoms with Gasteiger partial charge in [-0.05, 0) is 70.0 Å². The summed E-state index contributed by atoms with van der Waals surface area (Å²) in [5.41, 5.74) is 1.59. The highest BCUT2D eigenvalue weighted by Crippen LogP contribution is 2.39. The average Bonchev–Trinajstić information content (AvgIpc) is 2.96. The van der Waals surface area contributed by atoms with Gasteiger partial charge in [-0.15, -0.1) is 0 Å². The number of hydrogen-bond acceptors (Lipinski definition) is 5. The summed E-state index contributed by atoms with van der Waals surface area (Å²) in [4.78, 5) is 26.9. The number of amides is 2. The molecule has 0 unspecified atom stereocenters. The molecule has 0 bridgehead atoms. The van der Waals surface area contributed by atoms with Gasteiger partial charge in [0.05, 0.1) is 22.5 Å². The van der Waals surface area contributed by atoms with Gasteiger partial charge in [-0.2, -0.15) is 0 Å². The Bertz CT molecular complexity index is 1020. The first-order chi connectivity index (χ1) is 14.4. The molecule has 1 fully saturated rings. The Balaban J connectivity index is 1.87. The molecule has 30 heavy (non-hydrogen) atoms. The molecular formula is C22H19Br2NO4S. The fourth-order valence-electron chi connectivity index (χ4n) is 2.80. The van der Waals surface area contributed by atoms with Gasteiger partial charge in [0.1, 0.15) is 6.61 Å². The van der Waals surface area contributed by atoms with Gasteiger partial charge in [0.25, 0.3) is 11.1 Å². The molecule has 3 rings (SSSR count). The lowest BCUT2D eigenvalue weighted by molar-refractivity contribution is -0.123. The first kappa shape index (κ1) is 22.7. The van der Waals surface area contributed by atoms with Crippen LogP contribution in [0.15, 0.2) is 62.9 Å². The molecule has 1 aliphatic rings. The molecule has 0 N–H and O–H groups in total. The molecule has 0 aliphatic carbocycles. The summed E-state index contributed by atoms with van der Waals surface area (Å²) in [6, 6.07) is 11.1. The molecule has 8 heteroatoms. The Kier molecular flexibility index (Phi) is 7.80. The zero-order valence-corrected chi connectivity index (χ0v) is 20.2. The van der Waals surface area contributed by atoms with Gasteiger partial charge in [0.2, 0.25) is 0 Å². The summed E-state index contributed by atoms with van der Waals surface area (Å²) in [7, 11) is 0. The van der Waals surface area contributed by atoms with Crippen LogP contribution < -0.4 is 9.47 Å². The molecule has 0 spiro atoms. The quantitative estimate of drug-likeness (QED) is 0.280. The molecule has 2 amide bonds. The van der Waals surface area contributed by atoms with Crippen molar-refractivity contribution >= 4 is 60.8 Å². The molecule has 1 heterocycles. The average molecular weight is 553 g/mol. The fraction of sp³-hybridized carbons (Fsp3) is 0.182. The molecule has 0 aromatic heterocycles. The van der Waals surface area contributed by atoms with Gasteiger partial charge >= 0.3 is 0 Å². The van der Waals surface area contributed by atoms with Crippen molar-refractivity contribution in [3.05, 3.63) is 74.0 Å². The van der Waals surface area contributed by atoms with Crippen LogP contribution in [0.4, 0.5) is 4.79 Å². The highest BCUT2D eigenvalue weighted by Gasteiger charge is 2.35. The van der Waals surface area contributed by atoms with Crippen LogP contribution in [0.25, 0.3) is 6.08 Å². The molecule has 1 aliphatic heterocycles. The van der Waals surface area contributed by atoms with Crippen LogP contribution in [0.1, 0.15) is 18.1 Å². The normalized spacial score (nSPS) is 15.0. The minimum absolute atomic E-state index is 0.214. The van der Waals surface area contributed by atoms with E-state index in [4.69, 9.17) is 9.47 Å². The summed E-state index contributed by atoms with van der Waals surface area (Å²) in [5, 5.41) is -0.294. The number of ether oxygens (including phenoxy) is 2. The van der Waals surface area contributed by atoms with Crippen molar-refractivity contribution in [3.8, 4) is 11.5 Å². The van der Waals surface area contributed by atoms with Crippen LogP contribution in [0, 0.1) is 0 Å². The lowest BCUT2D eigenvalue weighted by atomic mass is 10.1. The van der Waals surface area contributed by atoms with Crippen molar-refractivity contribution in [1.82, 2.24) is 4.90 Å². The predicted molar refractivity (Wildman–Crippen MR) is 127 cm³/mol. The van der Waals surface area contributed by atoms with Crippen LogP contribution >= 0.6 is 43.6 Å². The van der Waals surface area contributed by atoms with Gasteiger partial charge in [0.15, 0.2) is 11.5 Å². The number of hydrogen-bond donors (Lipinski definition) is 0. The largest absolute Gasteiger partial charge is 0.490 e. The Hall–Kier alpha value is -2.03. The van der Waals surface area contributed by atoms with Crippen molar-refractivity contribution < 1.29 is 19.1 Å². The first-order valence-corrected chi connectivity index (χ1v) is 11.5. The number of rotatable bonds is 8. The highest BCUT2D eigenvalue weighted by molar-refractivity contribution is 9.10. The third-order valence-electron chi connectivity index (χ3n) is 4.13. The summed E-state index contributed by atoms with van der Waals surface area (Å²) < 4.78 is 12.9. The van der Waals surface area contributed by atoms with Crippen LogP contribution in [-0.4, -0.2) is 29.3 Å². The number of thioether (sulfide) groups is 1. The number of benzene rings is 2. The van der Waals surface area contributed by atoms with Gasteiger partial charge in [0, 0.05) is 4.47 Å². The minimum Gasteiger partial charge on any atom is -0.490 e. The number of imide groups is 1. The second-order valence-electron chi connectivity index (χ2n) is 6.22. The van der Waals surface area contributed by atoms with E-state index in [0.29, 0.717) is 34.1 Å². The lowest BCUT2D eigenvalue weighted by Crippen LogP contribution is -2.27. The molecule has 0 radical (unpaired) electrons. The predicted octanol–water partition coefficient (Wildman–Crippen LogP) is 6.41. The summed E-state index contributed by atoms with van der Waals surface area (Å²) in [6.07, 6.45) is 3.34. The zero-order chi connectivity index (χ0) is 21.7. The van der Waals surface area contributed by atoms with Gasteiger partial charge < -0.3 is 9.47 Å². The zero-order valence-electron chi connectivity index (χ0n) is 16.2.